The number of nitro groups is 1. The second-order valence-corrected chi connectivity index (χ2v) is 15.2. The maximum absolute atomic E-state index is 14.0. The molecule has 0 bridgehead atoms. The van der Waals surface area contributed by atoms with Gasteiger partial charge in [0.15, 0.2) is 0 Å². The number of nitrogens with zero attached hydrogens (tertiary/aromatic N) is 2. The highest BCUT2D eigenvalue weighted by molar-refractivity contribution is 5.73. The van der Waals surface area contributed by atoms with Crippen LogP contribution in [-0.4, -0.2) is 18.0 Å². The van der Waals surface area contributed by atoms with Crippen LogP contribution < -0.4 is 4.90 Å². The third-order valence-electron chi connectivity index (χ3n) is 10.7. The van der Waals surface area contributed by atoms with E-state index >= 15 is 0 Å². The van der Waals surface area contributed by atoms with Crippen LogP contribution in [0.1, 0.15) is 179 Å². The first-order valence-corrected chi connectivity index (χ1v) is 21.6. The Morgan fingerprint density at radius 3 is 1.26 bits per heavy atom. The monoisotopic (exact) mass is 727 g/mol. The van der Waals surface area contributed by atoms with E-state index in [4.69, 9.17) is 0 Å². The molecule has 0 atom stereocenters. The van der Waals surface area contributed by atoms with Crippen molar-refractivity contribution in [2.24, 2.45) is 0 Å². The molecular formula is C48H71FN2O2. The molecule has 0 fully saturated rings. The lowest BCUT2D eigenvalue weighted by Gasteiger charge is -2.25. The second-order valence-electron chi connectivity index (χ2n) is 15.2. The van der Waals surface area contributed by atoms with Gasteiger partial charge in [-0.15, -0.1) is 0 Å². The molecule has 292 valence electrons. The zero-order valence-corrected chi connectivity index (χ0v) is 33.5. The van der Waals surface area contributed by atoms with E-state index in [-0.39, 0.29) is 0 Å². The molecule has 0 saturated carbocycles. The molecule has 53 heavy (non-hydrogen) atoms. The minimum atomic E-state index is -0.822. The van der Waals surface area contributed by atoms with Crippen molar-refractivity contribution in [2.45, 2.75) is 168 Å². The van der Waals surface area contributed by atoms with Gasteiger partial charge in [-0.3, -0.25) is 10.1 Å². The standard InChI is InChI=1S/C48H71FN2O2/c1-3-5-7-9-11-13-15-17-19-21-23-25-39-50(40-26-24-22-20-18-16-14-12-10-8-6-4-2)46-36-34-45(35-37-46)44-32-29-42(30-33-44)27-28-43-31-38-48(51(52)53)47(49)41-43/h27-38,41H,3-26,39-40H2,1-2H3. The van der Waals surface area contributed by atoms with Crippen molar-refractivity contribution in [1.29, 1.82) is 0 Å². The van der Waals surface area contributed by atoms with Crippen LogP contribution in [0.5, 0.6) is 0 Å². The van der Waals surface area contributed by atoms with Crippen molar-refractivity contribution < 1.29 is 9.31 Å². The van der Waals surface area contributed by atoms with Gasteiger partial charge in [-0.2, -0.15) is 4.39 Å². The topological polar surface area (TPSA) is 46.4 Å². The Kier molecular flexibility index (Phi) is 23.2. The van der Waals surface area contributed by atoms with E-state index in [0.29, 0.717) is 5.56 Å². The molecule has 0 aliphatic rings. The van der Waals surface area contributed by atoms with Gasteiger partial charge < -0.3 is 4.90 Å². The molecule has 0 spiro atoms. The van der Waals surface area contributed by atoms with Crippen LogP contribution in [0.15, 0.2) is 66.7 Å². The van der Waals surface area contributed by atoms with Gasteiger partial charge in [-0.05, 0) is 59.4 Å². The Morgan fingerprint density at radius 1 is 0.509 bits per heavy atom. The summed E-state index contributed by atoms with van der Waals surface area (Å²) in [6, 6.07) is 21.4. The van der Waals surface area contributed by atoms with E-state index in [1.165, 1.54) is 177 Å². The normalized spacial score (nSPS) is 11.5. The number of unbranched alkanes of at least 4 members (excludes halogenated alkanes) is 22. The first-order chi connectivity index (χ1) is 26.0. The van der Waals surface area contributed by atoms with E-state index in [2.05, 4.69) is 67.3 Å². The summed E-state index contributed by atoms with van der Waals surface area (Å²) in [7, 11) is 0. The summed E-state index contributed by atoms with van der Waals surface area (Å²) < 4.78 is 14.0. The zero-order chi connectivity index (χ0) is 37.8. The molecule has 0 saturated heterocycles. The van der Waals surface area contributed by atoms with E-state index in [9.17, 15) is 14.5 Å². The van der Waals surface area contributed by atoms with Crippen LogP contribution >= 0.6 is 0 Å². The van der Waals surface area contributed by atoms with E-state index < -0.39 is 16.4 Å². The maximum atomic E-state index is 14.0. The summed E-state index contributed by atoms with van der Waals surface area (Å²) in [5.41, 5.74) is 4.74. The number of nitro benzene ring substituents is 1. The predicted octanol–water partition coefficient (Wildman–Crippen LogP) is 15.8. The van der Waals surface area contributed by atoms with Gasteiger partial charge in [0.1, 0.15) is 0 Å². The fourth-order valence-corrected chi connectivity index (χ4v) is 7.28. The zero-order valence-electron chi connectivity index (χ0n) is 33.5. The summed E-state index contributed by atoms with van der Waals surface area (Å²) in [6.07, 6.45) is 36.8. The van der Waals surface area contributed by atoms with Gasteiger partial charge in [0.25, 0.3) is 0 Å². The molecule has 0 radical (unpaired) electrons. The highest BCUT2D eigenvalue weighted by Gasteiger charge is 2.13. The van der Waals surface area contributed by atoms with Gasteiger partial charge in [0.2, 0.25) is 5.82 Å². The van der Waals surface area contributed by atoms with E-state index in [1.807, 2.05) is 6.08 Å². The van der Waals surface area contributed by atoms with Crippen molar-refractivity contribution in [1.82, 2.24) is 0 Å². The summed E-state index contributed by atoms with van der Waals surface area (Å²) >= 11 is 0. The molecular weight excluding hydrogens is 656 g/mol. The number of rotatable bonds is 31. The lowest BCUT2D eigenvalue weighted by molar-refractivity contribution is -0.387. The first kappa shape index (κ1) is 43.9. The Hall–Kier alpha value is -3.47. The quantitative estimate of drug-likeness (QED) is 0.0287. The predicted molar refractivity (Wildman–Crippen MR) is 228 cm³/mol. The van der Waals surface area contributed by atoms with Crippen LogP contribution in [0.25, 0.3) is 23.3 Å². The van der Waals surface area contributed by atoms with Crippen molar-refractivity contribution in [3.8, 4) is 11.1 Å². The van der Waals surface area contributed by atoms with Crippen molar-refractivity contribution in [2.75, 3.05) is 18.0 Å². The van der Waals surface area contributed by atoms with Crippen molar-refractivity contribution in [3.05, 3.63) is 93.8 Å². The summed E-state index contributed by atoms with van der Waals surface area (Å²) in [5.74, 6) is -0.822. The highest BCUT2D eigenvalue weighted by Crippen LogP contribution is 2.26. The van der Waals surface area contributed by atoms with Crippen LogP contribution in [0.2, 0.25) is 0 Å². The van der Waals surface area contributed by atoms with E-state index in [0.717, 1.165) is 24.2 Å². The van der Waals surface area contributed by atoms with Crippen LogP contribution in [0.3, 0.4) is 0 Å². The van der Waals surface area contributed by atoms with Crippen LogP contribution in [-0.2, 0) is 0 Å². The minimum absolute atomic E-state index is 0.505. The SMILES string of the molecule is CCCCCCCCCCCCCCN(CCCCCCCCCCCCCC)c1ccc(-c2ccc(C=Cc3ccc([N+](=O)[O-])c(F)c3)cc2)cc1. The van der Waals surface area contributed by atoms with Gasteiger partial charge >= 0.3 is 5.69 Å². The average Bonchev–Trinajstić information content (AvgIpc) is 3.17. The summed E-state index contributed by atoms with van der Waals surface area (Å²) in [5, 5.41) is 10.9. The third kappa shape index (κ3) is 18.9. The molecule has 0 aliphatic heterocycles. The first-order valence-electron chi connectivity index (χ1n) is 21.6. The Balaban J connectivity index is 1.47. The molecule has 3 aromatic carbocycles. The molecule has 0 aromatic heterocycles. The number of hydrogen-bond donors (Lipinski definition) is 0. The number of halogens is 1. The summed E-state index contributed by atoms with van der Waals surface area (Å²) in [6.45, 7) is 6.85. The van der Waals surface area contributed by atoms with Crippen LogP contribution in [0.4, 0.5) is 15.8 Å². The molecule has 0 N–H and O–H groups in total. The number of benzene rings is 3. The Morgan fingerprint density at radius 2 is 0.868 bits per heavy atom. The molecule has 0 unspecified atom stereocenters. The molecule has 4 nitrogen and oxygen atoms in total. The Bertz CT molecular complexity index is 1370. The second kappa shape index (κ2) is 28.0. The maximum Gasteiger partial charge on any atom is 0.304 e. The van der Waals surface area contributed by atoms with Gasteiger partial charge in [-0.25, -0.2) is 0 Å². The molecule has 0 aliphatic carbocycles. The van der Waals surface area contributed by atoms with Crippen molar-refractivity contribution in [3.63, 3.8) is 0 Å². The number of hydrogen-bond acceptors (Lipinski definition) is 3. The smallest absolute Gasteiger partial charge is 0.304 e. The fraction of sp³-hybridized carbons (Fsp3) is 0.583. The summed E-state index contributed by atoms with van der Waals surface area (Å²) in [4.78, 5) is 12.8. The lowest BCUT2D eigenvalue weighted by atomic mass is 10.0. The largest absolute Gasteiger partial charge is 0.372 e. The van der Waals surface area contributed by atoms with Crippen LogP contribution in [0, 0.1) is 15.9 Å². The average molecular weight is 727 g/mol. The van der Waals surface area contributed by atoms with E-state index in [1.54, 1.807) is 12.1 Å². The molecule has 3 aromatic rings. The highest BCUT2D eigenvalue weighted by atomic mass is 19.1. The number of anilines is 1. The molecule has 0 amide bonds. The molecule has 3 rings (SSSR count). The molecule has 5 heteroatoms. The Labute approximate surface area is 322 Å². The molecule has 0 heterocycles. The minimum Gasteiger partial charge on any atom is -0.372 e. The fourth-order valence-electron chi connectivity index (χ4n) is 7.28. The van der Waals surface area contributed by atoms with Gasteiger partial charge in [-0.1, -0.05) is 204 Å². The van der Waals surface area contributed by atoms with Gasteiger partial charge in [0.05, 0.1) is 4.92 Å². The van der Waals surface area contributed by atoms with Crippen molar-refractivity contribution >= 4 is 23.5 Å². The lowest BCUT2D eigenvalue weighted by Crippen LogP contribution is -2.25. The van der Waals surface area contributed by atoms with Gasteiger partial charge in [0, 0.05) is 24.8 Å². The third-order valence-corrected chi connectivity index (χ3v) is 10.7.